The first-order chi connectivity index (χ1) is 8.83. The van der Waals surface area contributed by atoms with Crippen LogP contribution in [0.4, 0.5) is 0 Å². The maximum atomic E-state index is 9.77. The molecule has 18 heavy (non-hydrogen) atoms. The van der Waals surface area contributed by atoms with E-state index in [1.807, 2.05) is 0 Å². The Hall–Kier alpha value is -0.870. The van der Waals surface area contributed by atoms with Gasteiger partial charge < -0.3 is 4.79 Å². The van der Waals surface area contributed by atoms with E-state index in [1.165, 1.54) is 19.3 Å². The lowest BCUT2D eigenvalue weighted by Gasteiger charge is -1.92. The van der Waals surface area contributed by atoms with Crippen LogP contribution in [0.15, 0.2) is 0 Å². The SMILES string of the molecule is N#CCCCCCC=O.N#CCCCCCCBr. The van der Waals surface area contributed by atoms with Crippen molar-refractivity contribution in [2.75, 3.05) is 5.33 Å². The van der Waals surface area contributed by atoms with Gasteiger partial charge in [-0.2, -0.15) is 10.5 Å². The van der Waals surface area contributed by atoms with E-state index >= 15 is 0 Å². The van der Waals surface area contributed by atoms with E-state index in [-0.39, 0.29) is 0 Å². The Balaban J connectivity index is 0. The fourth-order valence-electron chi connectivity index (χ4n) is 1.26. The molecule has 0 bridgehead atoms. The van der Waals surface area contributed by atoms with Crippen molar-refractivity contribution in [2.24, 2.45) is 0 Å². The van der Waals surface area contributed by atoms with Crippen molar-refractivity contribution in [3.63, 3.8) is 0 Å². The monoisotopic (exact) mass is 314 g/mol. The van der Waals surface area contributed by atoms with E-state index in [1.54, 1.807) is 0 Å². The Morgan fingerprint density at radius 3 is 1.78 bits per heavy atom. The molecular weight excluding hydrogens is 292 g/mol. The van der Waals surface area contributed by atoms with Gasteiger partial charge in [-0.3, -0.25) is 0 Å². The summed E-state index contributed by atoms with van der Waals surface area (Å²) in [6.45, 7) is 0. The summed E-state index contributed by atoms with van der Waals surface area (Å²) >= 11 is 3.35. The summed E-state index contributed by atoms with van der Waals surface area (Å²) in [4.78, 5) is 9.77. The molecule has 0 spiro atoms. The molecule has 3 nitrogen and oxygen atoms in total. The van der Waals surface area contributed by atoms with Gasteiger partial charge in [-0.25, -0.2) is 0 Å². The van der Waals surface area contributed by atoms with Crippen molar-refractivity contribution in [3.05, 3.63) is 0 Å². The third kappa shape index (κ3) is 24.4. The summed E-state index contributed by atoms with van der Waals surface area (Å²) in [5.41, 5.74) is 0. The van der Waals surface area contributed by atoms with Gasteiger partial charge in [-0.05, 0) is 25.7 Å². The Morgan fingerprint density at radius 1 is 0.833 bits per heavy atom. The van der Waals surface area contributed by atoms with E-state index < -0.39 is 0 Å². The Morgan fingerprint density at radius 2 is 1.33 bits per heavy atom. The standard InChI is InChI=1S/C7H12BrN.C7H11NO/c2*8-6-4-2-1-3-5-7-9/h1-6H2;7H,1-5H2. The molecule has 0 aromatic heterocycles. The molecular formula is C14H23BrN2O. The van der Waals surface area contributed by atoms with Gasteiger partial charge in [-0.1, -0.05) is 35.2 Å². The van der Waals surface area contributed by atoms with Crippen molar-refractivity contribution in [1.29, 1.82) is 10.5 Å². The van der Waals surface area contributed by atoms with Gasteiger partial charge in [0.15, 0.2) is 0 Å². The highest BCUT2D eigenvalue weighted by Crippen LogP contribution is 2.03. The smallest absolute Gasteiger partial charge is 0.119 e. The molecule has 0 saturated heterocycles. The lowest BCUT2D eigenvalue weighted by atomic mass is 10.2. The Bertz CT molecular complexity index is 243. The highest BCUT2D eigenvalue weighted by atomic mass is 79.9. The average molecular weight is 315 g/mol. The van der Waals surface area contributed by atoms with E-state index in [0.717, 1.165) is 43.7 Å². The minimum Gasteiger partial charge on any atom is -0.303 e. The van der Waals surface area contributed by atoms with Crippen molar-refractivity contribution >= 4 is 22.2 Å². The number of hydrogen-bond acceptors (Lipinski definition) is 3. The minimum atomic E-state index is 0.624. The Labute approximate surface area is 119 Å². The number of hydrogen-bond donors (Lipinski definition) is 0. The van der Waals surface area contributed by atoms with Crippen LogP contribution < -0.4 is 0 Å². The maximum Gasteiger partial charge on any atom is 0.119 e. The summed E-state index contributed by atoms with van der Waals surface area (Å²) in [7, 11) is 0. The van der Waals surface area contributed by atoms with Gasteiger partial charge in [0, 0.05) is 24.6 Å². The summed E-state index contributed by atoms with van der Waals surface area (Å²) in [6, 6.07) is 4.19. The molecule has 0 heterocycles. The molecule has 0 radical (unpaired) electrons. The first-order valence-corrected chi connectivity index (χ1v) is 7.69. The number of alkyl halides is 1. The van der Waals surface area contributed by atoms with E-state index in [4.69, 9.17) is 10.5 Å². The minimum absolute atomic E-state index is 0.624. The molecule has 0 fully saturated rings. The van der Waals surface area contributed by atoms with Crippen LogP contribution >= 0.6 is 15.9 Å². The first-order valence-electron chi connectivity index (χ1n) is 6.57. The van der Waals surface area contributed by atoms with Crippen LogP contribution in [0.25, 0.3) is 0 Å². The second-order valence-electron chi connectivity index (χ2n) is 3.94. The number of halogens is 1. The lowest BCUT2D eigenvalue weighted by molar-refractivity contribution is -0.107. The zero-order valence-corrected chi connectivity index (χ0v) is 12.6. The van der Waals surface area contributed by atoms with Crippen LogP contribution in [0.3, 0.4) is 0 Å². The number of aldehydes is 1. The molecule has 0 aliphatic carbocycles. The fourth-order valence-corrected chi connectivity index (χ4v) is 1.66. The molecule has 0 aromatic rings. The number of carbonyl (C=O) groups excluding carboxylic acids is 1. The van der Waals surface area contributed by atoms with E-state index in [2.05, 4.69) is 28.1 Å². The van der Waals surface area contributed by atoms with Crippen molar-refractivity contribution in [2.45, 2.75) is 64.2 Å². The van der Waals surface area contributed by atoms with Crippen LogP contribution in [0, 0.1) is 22.7 Å². The second kappa shape index (κ2) is 21.4. The van der Waals surface area contributed by atoms with Crippen molar-refractivity contribution < 1.29 is 4.79 Å². The summed E-state index contributed by atoms with van der Waals surface area (Å²) in [5.74, 6) is 0. The van der Waals surface area contributed by atoms with Crippen LogP contribution in [0.5, 0.6) is 0 Å². The van der Waals surface area contributed by atoms with Crippen molar-refractivity contribution in [1.82, 2.24) is 0 Å². The van der Waals surface area contributed by atoms with Gasteiger partial charge in [0.2, 0.25) is 0 Å². The largest absolute Gasteiger partial charge is 0.303 e. The number of carbonyl (C=O) groups is 1. The average Bonchev–Trinajstić information content (AvgIpc) is 2.39. The molecule has 0 unspecified atom stereocenters. The summed E-state index contributed by atoms with van der Waals surface area (Å²) in [5, 5.41) is 17.4. The number of nitriles is 2. The predicted molar refractivity (Wildman–Crippen MR) is 77.3 cm³/mol. The molecule has 4 heteroatoms. The third-order valence-electron chi connectivity index (χ3n) is 2.28. The highest BCUT2D eigenvalue weighted by molar-refractivity contribution is 9.09. The topological polar surface area (TPSA) is 64.7 Å². The predicted octanol–water partition coefficient (Wildman–Crippen LogP) is 4.51. The molecule has 102 valence electrons. The molecule has 0 rings (SSSR count). The zero-order valence-electron chi connectivity index (χ0n) is 11.0. The first kappa shape index (κ1) is 19.5. The molecule has 0 aliphatic heterocycles. The highest BCUT2D eigenvalue weighted by Gasteiger charge is 1.86. The van der Waals surface area contributed by atoms with Crippen LogP contribution in [-0.2, 0) is 4.79 Å². The van der Waals surface area contributed by atoms with E-state index in [9.17, 15) is 4.79 Å². The van der Waals surface area contributed by atoms with Gasteiger partial charge in [0.1, 0.15) is 6.29 Å². The van der Waals surface area contributed by atoms with E-state index in [0.29, 0.717) is 12.8 Å². The summed E-state index contributed by atoms with van der Waals surface area (Å²) in [6.07, 6.45) is 10.6. The van der Waals surface area contributed by atoms with Crippen LogP contribution in [0.1, 0.15) is 64.2 Å². The summed E-state index contributed by atoms with van der Waals surface area (Å²) < 4.78 is 0. The number of unbranched alkanes of at least 4 members (excludes halogenated alkanes) is 8. The normalized spacial score (nSPS) is 8.61. The molecule has 0 atom stereocenters. The maximum absolute atomic E-state index is 9.77. The number of nitrogens with zero attached hydrogens (tertiary/aromatic N) is 2. The van der Waals surface area contributed by atoms with Gasteiger partial charge in [0.05, 0.1) is 12.1 Å². The third-order valence-corrected chi connectivity index (χ3v) is 2.84. The van der Waals surface area contributed by atoms with Crippen LogP contribution in [0.2, 0.25) is 0 Å². The lowest BCUT2D eigenvalue weighted by Crippen LogP contribution is -1.77. The van der Waals surface area contributed by atoms with Gasteiger partial charge in [-0.15, -0.1) is 0 Å². The molecule has 0 saturated carbocycles. The van der Waals surface area contributed by atoms with Gasteiger partial charge in [0.25, 0.3) is 0 Å². The van der Waals surface area contributed by atoms with Gasteiger partial charge >= 0.3 is 0 Å². The van der Waals surface area contributed by atoms with Crippen molar-refractivity contribution in [3.8, 4) is 12.1 Å². The fraction of sp³-hybridized carbons (Fsp3) is 0.786. The second-order valence-corrected chi connectivity index (χ2v) is 4.73. The number of rotatable bonds is 10. The molecule has 0 aliphatic rings. The molecule has 0 aromatic carbocycles. The Kier molecular flexibility index (Phi) is 23.2. The zero-order chi connectivity index (χ0) is 13.9. The molecule has 0 N–H and O–H groups in total. The quantitative estimate of drug-likeness (QED) is 0.338. The molecule has 0 amide bonds. The van der Waals surface area contributed by atoms with Crippen LogP contribution in [-0.4, -0.2) is 11.6 Å².